The lowest BCUT2D eigenvalue weighted by molar-refractivity contribution is 0.206. The first kappa shape index (κ1) is 16.6. The molecule has 0 fully saturated rings. The van der Waals surface area contributed by atoms with Crippen molar-refractivity contribution in [3.8, 4) is 0 Å². The summed E-state index contributed by atoms with van der Waals surface area (Å²) in [5, 5.41) is 3.89. The third-order valence-corrected chi connectivity index (χ3v) is 5.24. The molecule has 3 aromatic rings. The number of aromatic nitrogens is 1. The minimum absolute atomic E-state index is 0.114. The van der Waals surface area contributed by atoms with Crippen LogP contribution < -0.4 is 5.32 Å². The molecule has 0 unspecified atom stereocenters. The fraction of sp³-hybridized carbons (Fsp3) is 0.286. The van der Waals surface area contributed by atoms with E-state index in [0.29, 0.717) is 13.1 Å². The average Bonchev–Trinajstić information content (AvgIpc) is 2.93. The number of fused-ring (bicyclic) bond motifs is 3. The Morgan fingerprint density at radius 1 is 1.23 bits per heavy atom. The molecule has 1 aliphatic rings. The van der Waals surface area contributed by atoms with E-state index >= 15 is 0 Å². The Bertz CT molecular complexity index is 992. The van der Waals surface area contributed by atoms with Crippen LogP contribution in [-0.2, 0) is 26.4 Å². The van der Waals surface area contributed by atoms with E-state index in [9.17, 15) is 9.18 Å². The third kappa shape index (κ3) is 2.83. The van der Waals surface area contributed by atoms with Crippen molar-refractivity contribution in [2.75, 3.05) is 11.9 Å². The van der Waals surface area contributed by atoms with Gasteiger partial charge in [-0.05, 0) is 42.3 Å². The second-order valence-corrected chi connectivity index (χ2v) is 6.80. The van der Waals surface area contributed by atoms with Gasteiger partial charge in [-0.2, -0.15) is 0 Å². The minimum Gasteiger partial charge on any atom is -0.347 e. The van der Waals surface area contributed by atoms with Crippen LogP contribution in [0, 0.1) is 5.82 Å². The van der Waals surface area contributed by atoms with Crippen LogP contribution in [0.15, 0.2) is 42.5 Å². The summed E-state index contributed by atoms with van der Waals surface area (Å²) in [5.74, 6) is -0.246. The Labute approximate surface area is 152 Å². The topological polar surface area (TPSA) is 37.3 Å². The number of rotatable bonds is 2. The fourth-order valence-electron chi connectivity index (χ4n) is 3.80. The number of halogens is 1. The van der Waals surface area contributed by atoms with Gasteiger partial charge < -0.3 is 14.8 Å². The average molecular weight is 351 g/mol. The van der Waals surface area contributed by atoms with Crippen LogP contribution in [-0.4, -0.2) is 22.0 Å². The lowest BCUT2D eigenvalue weighted by Gasteiger charge is -2.28. The molecule has 0 radical (unpaired) electrons. The molecule has 0 spiro atoms. The van der Waals surface area contributed by atoms with Gasteiger partial charge in [-0.3, -0.25) is 0 Å². The molecule has 2 heterocycles. The van der Waals surface area contributed by atoms with E-state index in [-0.39, 0.29) is 11.8 Å². The highest BCUT2D eigenvalue weighted by molar-refractivity contribution is 5.91. The summed E-state index contributed by atoms with van der Waals surface area (Å²) in [5.41, 5.74) is 5.24. The lowest BCUT2D eigenvalue weighted by atomic mass is 10.0. The molecule has 2 amide bonds. The molecule has 134 valence electrons. The molecule has 1 aliphatic heterocycles. The first-order valence-electron chi connectivity index (χ1n) is 8.97. The molecule has 1 N–H and O–H groups in total. The van der Waals surface area contributed by atoms with E-state index in [2.05, 4.69) is 16.8 Å². The van der Waals surface area contributed by atoms with Crippen molar-refractivity contribution in [3.05, 3.63) is 65.1 Å². The third-order valence-electron chi connectivity index (χ3n) is 5.24. The smallest absolute Gasteiger partial charge is 0.322 e. The summed E-state index contributed by atoms with van der Waals surface area (Å²) in [6.45, 7) is 3.24. The van der Waals surface area contributed by atoms with Crippen molar-refractivity contribution >= 4 is 22.6 Å². The van der Waals surface area contributed by atoms with Gasteiger partial charge in [-0.15, -0.1) is 0 Å². The molecule has 2 aromatic carbocycles. The fourth-order valence-corrected chi connectivity index (χ4v) is 3.80. The molecular weight excluding hydrogens is 329 g/mol. The van der Waals surface area contributed by atoms with Crippen LogP contribution in [0.25, 0.3) is 10.9 Å². The van der Waals surface area contributed by atoms with Crippen molar-refractivity contribution in [1.29, 1.82) is 0 Å². The van der Waals surface area contributed by atoms with Crippen molar-refractivity contribution in [3.63, 3.8) is 0 Å². The quantitative estimate of drug-likeness (QED) is 0.727. The lowest BCUT2D eigenvalue weighted by Crippen LogP contribution is -2.39. The number of nitrogens with one attached hydrogen (secondary N) is 1. The first-order valence-corrected chi connectivity index (χ1v) is 8.97. The summed E-state index contributed by atoms with van der Waals surface area (Å²) in [6, 6.07) is 12.7. The second-order valence-electron chi connectivity index (χ2n) is 6.80. The number of carbonyl (C=O) groups is 1. The van der Waals surface area contributed by atoms with Gasteiger partial charge in [0.1, 0.15) is 5.82 Å². The van der Waals surface area contributed by atoms with Crippen LogP contribution in [0.1, 0.15) is 23.7 Å². The molecule has 0 saturated carbocycles. The SMILES string of the molecule is CCc1cccc(NC(=O)N2CCc3c(c4cc(F)ccc4n3C)C2)c1. The second kappa shape index (κ2) is 6.48. The number of hydrogen-bond acceptors (Lipinski definition) is 1. The van der Waals surface area contributed by atoms with E-state index in [1.807, 2.05) is 37.4 Å². The van der Waals surface area contributed by atoms with E-state index in [1.54, 1.807) is 11.0 Å². The first-order chi connectivity index (χ1) is 12.6. The predicted molar refractivity (Wildman–Crippen MR) is 102 cm³/mol. The molecule has 4 rings (SSSR count). The van der Waals surface area contributed by atoms with Crippen molar-refractivity contribution in [2.45, 2.75) is 26.3 Å². The number of benzene rings is 2. The maximum atomic E-state index is 13.7. The van der Waals surface area contributed by atoms with Crippen molar-refractivity contribution < 1.29 is 9.18 Å². The Kier molecular flexibility index (Phi) is 4.15. The summed E-state index contributed by atoms with van der Waals surface area (Å²) in [7, 11) is 2.01. The zero-order valence-electron chi connectivity index (χ0n) is 15.1. The molecule has 5 heteroatoms. The number of hydrogen-bond donors (Lipinski definition) is 1. The van der Waals surface area contributed by atoms with Crippen molar-refractivity contribution in [2.24, 2.45) is 7.05 Å². The Hall–Kier alpha value is -2.82. The molecule has 0 bridgehead atoms. The van der Waals surface area contributed by atoms with Crippen LogP contribution >= 0.6 is 0 Å². The van der Waals surface area contributed by atoms with E-state index in [4.69, 9.17) is 0 Å². The monoisotopic (exact) mass is 351 g/mol. The Morgan fingerprint density at radius 3 is 2.88 bits per heavy atom. The summed E-state index contributed by atoms with van der Waals surface area (Å²) >= 11 is 0. The van der Waals surface area contributed by atoms with Gasteiger partial charge in [0.15, 0.2) is 0 Å². The van der Waals surface area contributed by atoms with Gasteiger partial charge in [0.25, 0.3) is 0 Å². The number of nitrogens with zero attached hydrogens (tertiary/aromatic N) is 2. The summed E-state index contributed by atoms with van der Waals surface area (Å²) < 4.78 is 15.8. The van der Waals surface area contributed by atoms with Gasteiger partial charge in [0, 0.05) is 54.4 Å². The maximum Gasteiger partial charge on any atom is 0.322 e. The number of carbonyl (C=O) groups excluding carboxylic acids is 1. The molecule has 26 heavy (non-hydrogen) atoms. The van der Waals surface area contributed by atoms with Gasteiger partial charge in [-0.25, -0.2) is 9.18 Å². The molecular formula is C21H22FN3O. The van der Waals surface area contributed by atoms with Crippen LogP contribution in [0.4, 0.5) is 14.9 Å². The Balaban J connectivity index is 1.59. The van der Waals surface area contributed by atoms with Crippen LogP contribution in [0.2, 0.25) is 0 Å². The highest BCUT2D eigenvalue weighted by Gasteiger charge is 2.26. The number of amides is 2. The van der Waals surface area contributed by atoms with E-state index in [0.717, 1.165) is 35.0 Å². The largest absolute Gasteiger partial charge is 0.347 e. The minimum atomic E-state index is -0.246. The van der Waals surface area contributed by atoms with E-state index < -0.39 is 0 Å². The zero-order chi connectivity index (χ0) is 18.3. The molecule has 4 nitrogen and oxygen atoms in total. The van der Waals surface area contributed by atoms with Gasteiger partial charge in [0.2, 0.25) is 0 Å². The molecule has 0 aliphatic carbocycles. The van der Waals surface area contributed by atoms with Gasteiger partial charge in [-0.1, -0.05) is 19.1 Å². The van der Waals surface area contributed by atoms with Crippen LogP contribution in [0.5, 0.6) is 0 Å². The zero-order valence-corrected chi connectivity index (χ0v) is 15.1. The highest BCUT2D eigenvalue weighted by Crippen LogP contribution is 2.31. The molecule has 0 saturated heterocycles. The predicted octanol–water partition coefficient (Wildman–Crippen LogP) is 4.47. The molecule has 0 atom stereocenters. The summed E-state index contributed by atoms with van der Waals surface area (Å²) in [6.07, 6.45) is 1.70. The Morgan fingerprint density at radius 2 is 2.08 bits per heavy atom. The molecule has 1 aromatic heterocycles. The van der Waals surface area contributed by atoms with E-state index in [1.165, 1.54) is 17.3 Å². The normalized spacial score (nSPS) is 13.7. The van der Waals surface area contributed by atoms with Crippen molar-refractivity contribution in [1.82, 2.24) is 9.47 Å². The van der Waals surface area contributed by atoms with Gasteiger partial charge >= 0.3 is 6.03 Å². The maximum absolute atomic E-state index is 13.7. The number of urea groups is 1. The number of aryl methyl sites for hydroxylation is 2. The standard InChI is InChI=1S/C21H22FN3O/c1-3-14-5-4-6-16(11-14)23-21(26)25-10-9-20-18(13-25)17-12-15(22)7-8-19(17)24(20)2/h4-8,11-12H,3,9-10,13H2,1-2H3,(H,23,26). The summed E-state index contributed by atoms with van der Waals surface area (Å²) in [4.78, 5) is 14.5. The van der Waals surface area contributed by atoms with Gasteiger partial charge in [0.05, 0.1) is 0 Å². The number of anilines is 1. The van der Waals surface area contributed by atoms with Crippen LogP contribution in [0.3, 0.4) is 0 Å². The highest BCUT2D eigenvalue weighted by atomic mass is 19.1.